The van der Waals surface area contributed by atoms with E-state index in [2.05, 4.69) is 15.9 Å². The average molecular weight is 256 g/mol. The first-order valence-electron chi connectivity index (χ1n) is 4.26. The lowest BCUT2D eigenvalue weighted by molar-refractivity contribution is -0.117. The number of benzene rings is 1. The van der Waals surface area contributed by atoms with E-state index in [1.54, 1.807) is 19.1 Å². The van der Waals surface area contributed by atoms with Crippen LogP contribution in [0.15, 0.2) is 16.6 Å². The van der Waals surface area contributed by atoms with E-state index in [1.807, 2.05) is 12.1 Å². The minimum absolute atomic E-state index is 0.125. The number of anilines is 1. The minimum Gasteiger partial charge on any atom is -0.496 e. The maximum Gasteiger partial charge on any atom is 0.231 e. The summed E-state index contributed by atoms with van der Waals surface area (Å²) in [5.41, 5.74) is 1.99. The van der Waals surface area contributed by atoms with Crippen LogP contribution in [0.4, 0.5) is 5.69 Å². The molecule has 14 heavy (non-hydrogen) atoms. The lowest BCUT2D eigenvalue weighted by atomic mass is 10.1. The number of methoxy groups -OCH3 is 1. The monoisotopic (exact) mass is 255 g/mol. The number of hydrogen-bond acceptors (Lipinski definition) is 2. The van der Waals surface area contributed by atoms with Crippen molar-refractivity contribution < 1.29 is 9.53 Å². The largest absolute Gasteiger partial charge is 0.496 e. The molecule has 0 atom stereocenters. The smallest absolute Gasteiger partial charge is 0.231 e. The summed E-state index contributed by atoms with van der Waals surface area (Å²) in [6.07, 6.45) is 0.468. The van der Waals surface area contributed by atoms with Crippen molar-refractivity contribution in [3.05, 3.63) is 22.2 Å². The van der Waals surface area contributed by atoms with Gasteiger partial charge in [-0.05, 0) is 33.6 Å². The van der Waals surface area contributed by atoms with Crippen LogP contribution in [0, 0.1) is 0 Å². The van der Waals surface area contributed by atoms with Crippen molar-refractivity contribution in [3.8, 4) is 5.75 Å². The number of halogens is 1. The Balaban J connectivity index is 2.54. The maximum atomic E-state index is 11.4. The number of rotatable bonds is 1. The summed E-state index contributed by atoms with van der Waals surface area (Å²) >= 11 is 3.39. The van der Waals surface area contributed by atoms with Crippen LogP contribution in [-0.2, 0) is 11.2 Å². The van der Waals surface area contributed by atoms with Crippen LogP contribution in [0.1, 0.15) is 5.56 Å². The van der Waals surface area contributed by atoms with Gasteiger partial charge in [0.05, 0.1) is 18.0 Å². The Morgan fingerprint density at radius 2 is 2.21 bits per heavy atom. The quantitative estimate of drug-likeness (QED) is 0.768. The molecule has 0 radical (unpaired) electrons. The standard InChI is InChI=1S/C10H10BrNO2/c1-12-8-5-7(11)9(14-2)3-6(8)4-10(12)13/h3,5H,4H2,1-2H3. The van der Waals surface area contributed by atoms with Crippen LogP contribution >= 0.6 is 15.9 Å². The van der Waals surface area contributed by atoms with E-state index < -0.39 is 0 Å². The Morgan fingerprint density at radius 3 is 2.86 bits per heavy atom. The summed E-state index contributed by atoms with van der Waals surface area (Å²) in [5.74, 6) is 0.895. The second-order valence-corrected chi connectivity index (χ2v) is 4.10. The van der Waals surface area contributed by atoms with Crippen molar-refractivity contribution in [1.29, 1.82) is 0 Å². The molecular formula is C10H10BrNO2. The predicted octanol–water partition coefficient (Wildman–Crippen LogP) is 1.98. The number of ether oxygens (including phenoxy) is 1. The molecule has 4 heteroatoms. The fourth-order valence-corrected chi connectivity index (χ4v) is 2.10. The van der Waals surface area contributed by atoms with Crippen LogP contribution in [-0.4, -0.2) is 20.1 Å². The highest BCUT2D eigenvalue weighted by Crippen LogP contribution is 2.36. The van der Waals surface area contributed by atoms with Gasteiger partial charge in [-0.1, -0.05) is 0 Å². The minimum atomic E-state index is 0.125. The first kappa shape index (κ1) is 9.52. The van der Waals surface area contributed by atoms with Crippen LogP contribution in [0.3, 0.4) is 0 Å². The molecule has 0 aromatic heterocycles. The second-order valence-electron chi connectivity index (χ2n) is 3.24. The predicted molar refractivity (Wildman–Crippen MR) is 57.8 cm³/mol. The van der Waals surface area contributed by atoms with Gasteiger partial charge in [0.2, 0.25) is 5.91 Å². The number of nitrogens with zero attached hydrogens (tertiary/aromatic N) is 1. The number of likely N-dealkylation sites (N-methyl/N-ethyl adjacent to an activating group) is 1. The second kappa shape index (κ2) is 3.28. The molecule has 0 N–H and O–H groups in total. The lowest BCUT2D eigenvalue weighted by Crippen LogP contribution is -2.20. The van der Waals surface area contributed by atoms with E-state index >= 15 is 0 Å². The van der Waals surface area contributed by atoms with Gasteiger partial charge in [-0.3, -0.25) is 4.79 Å². The highest BCUT2D eigenvalue weighted by atomic mass is 79.9. The van der Waals surface area contributed by atoms with E-state index in [-0.39, 0.29) is 5.91 Å². The number of amides is 1. The summed E-state index contributed by atoms with van der Waals surface area (Å²) in [6.45, 7) is 0. The third kappa shape index (κ3) is 1.30. The number of hydrogen-bond donors (Lipinski definition) is 0. The van der Waals surface area contributed by atoms with Crippen LogP contribution in [0.2, 0.25) is 0 Å². The normalized spacial score (nSPS) is 14.5. The Labute approximate surface area is 90.8 Å². The van der Waals surface area contributed by atoms with E-state index in [1.165, 1.54) is 0 Å². The van der Waals surface area contributed by atoms with Crippen molar-refractivity contribution in [2.24, 2.45) is 0 Å². The highest BCUT2D eigenvalue weighted by molar-refractivity contribution is 9.10. The van der Waals surface area contributed by atoms with Crippen molar-refractivity contribution >= 4 is 27.5 Å². The SMILES string of the molecule is COc1cc2c(cc1Br)N(C)C(=O)C2. The average Bonchev–Trinajstić information content (AvgIpc) is 2.43. The van der Waals surface area contributed by atoms with Gasteiger partial charge >= 0.3 is 0 Å². The Hall–Kier alpha value is -1.03. The summed E-state index contributed by atoms with van der Waals surface area (Å²) in [5, 5.41) is 0. The fraction of sp³-hybridized carbons (Fsp3) is 0.300. The molecule has 2 rings (SSSR count). The zero-order valence-electron chi connectivity index (χ0n) is 8.00. The molecule has 1 aliphatic rings. The van der Waals surface area contributed by atoms with Crippen molar-refractivity contribution in [2.45, 2.75) is 6.42 Å². The molecule has 0 fully saturated rings. The molecule has 0 aliphatic carbocycles. The molecule has 1 amide bonds. The summed E-state index contributed by atoms with van der Waals surface area (Å²) in [6, 6.07) is 3.82. The molecule has 1 heterocycles. The molecule has 1 aromatic rings. The molecule has 0 saturated carbocycles. The molecular weight excluding hydrogens is 246 g/mol. The first-order chi connectivity index (χ1) is 6.63. The van der Waals surface area contributed by atoms with Gasteiger partial charge in [-0.25, -0.2) is 0 Å². The topological polar surface area (TPSA) is 29.5 Å². The molecule has 3 nitrogen and oxygen atoms in total. The van der Waals surface area contributed by atoms with Crippen LogP contribution in [0.25, 0.3) is 0 Å². The molecule has 0 saturated heterocycles. The van der Waals surface area contributed by atoms with Gasteiger partial charge in [-0.2, -0.15) is 0 Å². The van der Waals surface area contributed by atoms with E-state index in [4.69, 9.17) is 4.74 Å². The Kier molecular flexibility index (Phi) is 2.23. The van der Waals surface area contributed by atoms with Gasteiger partial charge < -0.3 is 9.64 Å². The van der Waals surface area contributed by atoms with E-state index in [9.17, 15) is 4.79 Å². The zero-order chi connectivity index (χ0) is 10.3. The molecule has 1 aromatic carbocycles. The highest BCUT2D eigenvalue weighted by Gasteiger charge is 2.25. The summed E-state index contributed by atoms with van der Waals surface area (Å²) in [4.78, 5) is 13.1. The molecule has 74 valence electrons. The van der Waals surface area contributed by atoms with Gasteiger partial charge in [0.15, 0.2) is 0 Å². The van der Waals surface area contributed by atoms with Gasteiger partial charge in [-0.15, -0.1) is 0 Å². The zero-order valence-corrected chi connectivity index (χ0v) is 9.59. The van der Waals surface area contributed by atoms with Crippen molar-refractivity contribution in [1.82, 2.24) is 0 Å². The van der Waals surface area contributed by atoms with E-state index in [0.717, 1.165) is 21.5 Å². The number of carbonyl (C=O) groups is 1. The Bertz CT molecular complexity index is 403. The Morgan fingerprint density at radius 1 is 1.50 bits per heavy atom. The van der Waals surface area contributed by atoms with Gasteiger partial charge in [0.1, 0.15) is 5.75 Å². The maximum absolute atomic E-state index is 11.4. The molecule has 1 aliphatic heterocycles. The molecule has 0 bridgehead atoms. The summed E-state index contributed by atoms with van der Waals surface area (Å²) in [7, 11) is 3.40. The first-order valence-corrected chi connectivity index (χ1v) is 5.05. The molecule has 0 spiro atoms. The van der Waals surface area contributed by atoms with Gasteiger partial charge in [0.25, 0.3) is 0 Å². The third-order valence-electron chi connectivity index (χ3n) is 2.43. The van der Waals surface area contributed by atoms with E-state index in [0.29, 0.717) is 6.42 Å². The number of fused-ring (bicyclic) bond motifs is 1. The summed E-state index contributed by atoms with van der Waals surface area (Å²) < 4.78 is 6.04. The van der Waals surface area contributed by atoms with Crippen LogP contribution in [0.5, 0.6) is 5.75 Å². The third-order valence-corrected chi connectivity index (χ3v) is 3.05. The number of carbonyl (C=O) groups excluding carboxylic acids is 1. The fourth-order valence-electron chi connectivity index (χ4n) is 1.61. The lowest BCUT2D eigenvalue weighted by Gasteiger charge is -2.11. The van der Waals surface area contributed by atoms with Crippen LogP contribution < -0.4 is 9.64 Å². The molecule has 0 unspecified atom stereocenters. The van der Waals surface area contributed by atoms with Crippen molar-refractivity contribution in [3.63, 3.8) is 0 Å². The van der Waals surface area contributed by atoms with Crippen molar-refractivity contribution in [2.75, 3.05) is 19.1 Å². The van der Waals surface area contributed by atoms with Gasteiger partial charge in [0, 0.05) is 12.7 Å².